The third-order valence-electron chi connectivity index (χ3n) is 3.04. The molecule has 2 rings (SSSR count). The predicted octanol–water partition coefficient (Wildman–Crippen LogP) is 2.95. The van der Waals surface area contributed by atoms with Gasteiger partial charge in [-0.1, -0.05) is 6.07 Å². The van der Waals surface area contributed by atoms with Crippen LogP contribution in [0.1, 0.15) is 24.3 Å². The van der Waals surface area contributed by atoms with Crippen molar-refractivity contribution in [1.82, 2.24) is 9.78 Å². The van der Waals surface area contributed by atoms with Crippen molar-refractivity contribution in [2.24, 2.45) is 0 Å². The summed E-state index contributed by atoms with van der Waals surface area (Å²) in [6.07, 6.45) is 1.71. The van der Waals surface area contributed by atoms with Gasteiger partial charge in [-0.05, 0) is 46.6 Å². The molecule has 1 aromatic heterocycles. The molecule has 0 amide bonds. The second kappa shape index (κ2) is 6.21. The van der Waals surface area contributed by atoms with E-state index in [0.29, 0.717) is 6.42 Å². The minimum absolute atomic E-state index is 0.550. The van der Waals surface area contributed by atoms with Crippen molar-refractivity contribution in [1.29, 1.82) is 0 Å². The second-order valence-corrected chi connectivity index (χ2v) is 5.11. The third kappa shape index (κ3) is 3.16. The number of ether oxygens (including phenoxy) is 1. The molecule has 1 heterocycles. The van der Waals surface area contributed by atoms with E-state index in [1.807, 2.05) is 35.9 Å². The van der Waals surface area contributed by atoms with Gasteiger partial charge in [0.2, 0.25) is 0 Å². The molecule has 4 nitrogen and oxygen atoms in total. The van der Waals surface area contributed by atoms with Crippen molar-refractivity contribution in [3.63, 3.8) is 0 Å². The van der Waals surface area contributed by atoms with Gasteiger partial charge in [0, 0.05) is 19.2 Å². The zero-order chi connectivity index (χ0) is 13.8. The Morgan fingerprint density at radius 1 is 1.42 bits per heavy atom. The van der Waals surface area contributed by atoms with Gasteiger partial charge in [-0.2, -0.15) is 5.10 Å². The van der Waals surface area contributed by atoms with Crippen LogP contribution in [0.3, 0.4) is 0 Å². The van der Waals surface area contributed by atoms with E-state index < -0.39 is 6.10 Å². The molecule has 0 saturated carbocycles. The van der Waals surface area contributed by atoms with Crippen LogP contribution in [-0.2, 0) is 13.0 Å². The standard InChI is InChI=1S/C14H17BrN2O2/c1-3-17-12(6-7-16-17)13(18)9-10-4-5-14(19-2)11(15)8-10/h4-8,13,18H,3,9H2,1-2H3. The molecule has 0 aliphatic carbocycles. The fraction of sp³-hybridized carbons (Fsp3) is 0.357. The quantitative estimate of drug-likeness (QED) is 0.919. The smallest absolute Gasteiger partial charge is 0.133 e. The van der Waals surface area contributed by atoms with Crippen molar-refractivity contribution < 1.29 is 9.84 Å². The van der Waals surface area contributed by atoms with Crippen LogP contribution in [-0.4, -0.2) is 22.0 Å². The van der Waals surface area contributed by atoms with Gasteiger partial charge in [-0.3, -0.25) is 4.68 Å². The number of halogens is 1. The van der Waals surface area contributed by atoms with E-state index in [9.17, 15) is 5.11 Å². The molecule has 0 aliphatic heterocycles. The molecule has 0 aliphatic rings. The fourth-order valence-electron chi connectivity index (χ4n) is 2.05. The first-order valence-electron chi connectivity index (χ1n) is 6.18. The van der Waals surface area contributed by atoms with E-state index >= 15 is 0 Å². The maximum atomic E-state index is 10.3. The minimum atomic E-state index is -0.553. The highest BCUT2D eigenvalue weighted by Crippen LogP contribution is 2.27. The maximum Gasteiger partial charge on any atom is 0.133 e. The fourth-order valence-corrected chi connectivity index (χ4v) is 2.64. The molecule has 1 unspecified atom stereocenters. The molecule has 0 fully saturated rings. The molecular weight excluding hydrogens is 308 g/mol. The number of aromatic nitrogens is 2. The van der Waals surface area contributed by atoms with E-state index in [4.69, 9.17) is 4.74 Å². The number of aliphatic hydroxyl groups is 1. The molecule has 1 atom stereocenters. The summed E-state index contributed by atoms with van der Waals surface area (Å²) in [6.45, 7) is 2.76. The maximum absolute atomic E-state index is 10.3. The average molecular weight is 325 g/mol. The number of methoxy groups -OCH3 is 1. The number of hydrogen-bond acceptors (Lipinski definition) is 3. The molecule has 102 valence electrons. The van der Waals surface area contributed by atoms with Crippen molar-refractivity contribution in [3.05, 3.63) is 46.2 Å². The average Bonchev–Trinajstić information content (AvgIpc) is 2.87. The summed E-state index contributed by atoms with van der Waals surface area (Å²) >= 11 is 3.45. The number of aryl methyl sites for hydroxylation is 1. The Bertz CT molecular complexity index is 554. The Morgan fingerprint density at radius 3 is 2.84 bits per heavy atom. The first kappa shape index (κ1) is 14.1. The summed E-state index contributed by atoms with van der Waals surface area (Å²) < 4.78 is 7.89. The highest BCUT2D eigenvalue weighted by Gasteiger charge is 2.14. The third-order valence-corrected chi connectivity index (χ3v) is 3.66. The van der Waals surface area contributed by atoms with Gasteiger partial charge in [-0.25, -0.2) is 0 Å². The van der Waals surface area contributed by atoms with Crippen LogP contribution in [0.4, 0.5) is 0 Å². The van der Waals surface area contributed by atoms with E-state index in [-0.39, 0.29) is 0 Å². The molecule has 0 saturated heterocycles. The van der Waals surface area contributed by atoms with E-state index in [2.05, 4.69) is 21.0 Å². The Labute approximate surface area is 121 Å². The Hall–Kier alpha value is -1.33. The van der Waals surface area contributed by atoms with Gasteiger partial charge in [-0.15, -0.1) is 0 Å². The normalized spacial score (nSPS) is 12.4. The molecular formula is C14H17BrN2O2. The highest BCUT2D eigenvalue weighted by molar-refractivity contribution is 9.10. The number of aliphatic hydroxyl groups excluding tert-OH is 1. The first-order chi connectivity index (χ1) is 9.15. The van der Waals surface area contributed by atoms with Crippen LogP contribution < -0.4 is 4.74 Å². The Morgan fingerprint density at radius 2 is 2.21 bits per heavy atom. The van der Waals surface area contributed by atoms with Crippen molar-refractivity contribution in [2.75, 3.05) is 7.11 Å². The van der Waals surface area contributed by atoms with Crippen LogP contribution in [0, 0.1) is 0 Å². The van der Waals surface area contributed by atoms with E-state index in [1.165, 1.54) is 0 Å². The zero-order valence-electron chi connectivity index (χ0n) is 11.0. The number of nitrogens with zero attached hydrogens (tertiary/aromatic N) is 2. The van der Waals surface area contributed by atoms with E-state index in [1.54, 1.807) is 13.3 Å². The lowest BCUT2D eigenvalue weighted by Gasteiger charge is -2.13. The van der Waals surface area contributed by atoms with Crippen LogP contribution in [0.2, 0.25) is 0 Å². The highest BCUT2D eigenvalue weighted by atomic mass is 79.9. The lowest BCUT2D eigenvalue weighted by molar-refractivity contribution is 0.167. The molecule has 5 heteroatoms. The molecule has 0 bridgehead atoms. The molecule has 19 heavy (non-hydrogen) atoms. The first-order valence-corrected chi connectivity index (χ1v) is 6.97. The molecule has 1 N–H and O–H groups in total. The number of benzene rings is 1. The molecule has 2 aromatic rings. The van der Waals surface area contributed by atoms with Gasteiger partial charge in [0.25, 0.3) is 0 Å². The summed E-state index contributed by atoms with van der Waals surface area (Å²) in [7, 11) is 1.63. The Kier molecular flexibility index (Phi) is 4.61. The van der Waals surface area contributed by atoms with Crippen LogP contribution in [0.15, 0.2) is 34.9 Å². The lowest BCUT2D eigenvalue weighted by Crippen LogP contribution is -2.10. The summed E-state index contributed by atoms with van der Waals surface area (Å²) in [5, 5.41) is 14.5. The molecule has 0 spiro atoms. The van der Waals surface area contributed by atoms with Gasteiger partial charge >= 0.3 is 0 Å². The van der Waals surface area contributed by atoms with Crippen molar-refractivity contribution in [3.8, 4) is 5.75 Å². The summed E-state index contributed by atoms with van der Waals surface area (Å²) in [5.41, 5.74) is 1.89. The number of hydrogen-bond donors (Lipinski definition) is 1. The summed E-state index contributed by atoms with van der Waals surface area (Å²) in [4.78, 5) is 0. The van der Waals surface area contributed by atoms with Crippen molar-refractivity contribution >= 4 is 15.9 Å². The zero-order valence-corrected chi connectivity index (χ0v) is 12.6. The second-order valence-electron chi connectivity index (χ2n) is 4.26. The SMILES string of the molecule is CCn1nccc1C(O)Cc1ccc(OC)c(Br)c1. The van der Waals surface area contributed by atoms with Crippen LogP contribution >= 0.6 is 15.9 Å². The van der Waals surface area contributed by atoms with Gasteiger partial charge in [0.15, 0.2) is 0 Å². The number of rotatable bonds is 5. The molecule has 1 aromatic carbocycles. The Balaban J connectivity index is 2.15. The summed E-state index contributed by atoms with van der Waals surface area (Å²) in [5.74, 6) is 0.789. The van der Waals surface area contributed by atoms with E-state index in [0.717, 1.165) is 28.0 Å². The predicted molar refractivity (Wildman–Crippen MR) is 77.3 cm³/mol. The lowest BCUT2D eigenvalue weighted by atomic mass is 10.1. The van der Waals surface area contributed by atoms with Crippen molar-refractivity contribution in [2.45, 2.75) is 26.0 Å². The van der Waals surface area contributed by atoms with Gasteiger partial charge in [0.05, 0.1) is 23.4 Å². The van der Waals surface area contributed by atoms with Crippen LogP contribution in [0.5, 0.6) is 5.75 Å². The monoisotopic (exact) mass is 324 g/mol. The molecule has 0 radical (unpaired) electrons. The largest absolute Gasteiger partial charge is 0.496 e. The van der Waals surface area contributed by atoms with Crippen LogP contribution in [0.25, 0.3) is 0 Å². The topological polar surface area (TPSA) is 47.3 Å². The minimum Gasteiger partial charge on any atom is -0.496 e. The van der Waals surface area contributed by atoms with Gasteiger partial charge in [0.1, 0.15) is 5.75 Å². The van der Waals surface area contributed by atoms with Gasteiger partial charge < -0.3 is 9.84 Å². The summed E-state index contributed by atoms with van der Waals surface area (Å²) in [6, 6.07) is 7.67.